The number of benzene rings is 1. The molecule has 0 spiro atoms. The summed E-state index contributed by atoms with van der Waals surface area (Å²) in [5.41, 5.74) is 5.72. The molecule has 0 amide bonds. The SMILES string of the molecule is Cc1cc(C)c(-c2nc(Cl)c(Br)c(CC(C)C)n2)cc1C. The summed E-state index contributed by atoms with van der Waals surface area (Å²) >= 11 is 9.78. The summed E-state index contributed by atoms with van der Waals surface area (Å²) in [7, 11) is 0. The van der Waals surface area contributed by atoms with Crippen LogP contribution in [0.4, 0.5) is 0 Å². The van der Waals surface area contributed by atoms with Crippen molar-refractivity contribution in [2.24, 2.45) is 5.92 Å². The molecule has 0 radical (unpaired) electrons. The average Bonchev–Trinajstić information content (AvgIpc) is 2.38. The third-order valence-corrected chi connectivity index (χ3v) is 4.90. The minimum Gasteiger partial charge on any atom is -0.232 e. The molecule has 0 unspecified atom stereocenters. The van der Waals surface area contributed by atoms with Crippen molar-refractivity contribution in [1.29, 1.82) is 0 Å². The Bertz CT molecular complexity index is 681. The van der Waals surface area contributed by atoms with Gasteiger partial charge in [0.15, 0.2) is 5.82 Å². The van der Waals surface area contributed by atoms with Gasteiger partial charge in [-0.3, -0.25) is 0 Å². The third kappa shape index (κ3) is 3.64. The van der Waals surface area contributed by atoms with Crippen LogP contribution in [0.15, 0.2) is 16.6 Å². The molecule has 21 heavy (non-hydrogen) atoms. The van der Waals surface area contributed by atoms with Gasteiger partial charge in [0, 0.05) is 5.56 Å². The van der Waals surface area contributed by atoms with Crippen molar-refractivity contribution >= 4 is 27.5 Å². The van der Waals surface area contributed by atoms with Gasteiger partial charge in [-0.25, -0.2) is 9.97 Å². The standard InChI is InChI=1S/C17H20BrClN2/c1-9(2)6-14-15(18)16(19)21-17(20-14)13-8-11(4)10(3)7-12(13)5/h7-9H,6H2,1-5H3. The molecule has 2 rings (SSSR count). The zero-order chi connectivity index (χ0) is 15.7. The van der Waals surface area contributed by atoms with Crippen molar-refractivity contribution < 1.29 is 0 Å². The Labute approximate surface area is 140 Å². The number of nitrogens with zero attached hydrogens (tertiary/aromatic N) is 2. The van der Waals surface area contributed by atoms with Crippen LogP contribution in [0.25, 0.3) is 11.4 Å². The van der Waals surface area contributed by atoms with E-state index in [0.717, 1.165) is 22.2 Å². The number of hydrogen-bond donors (Lipinski definition) is 0. The molecule has 2 aromatic rings. The Morgan fingerprint density at radius 1 is 1.05 bits per heavy atom. The van der Waals surface area contributed by atoms with Gasteiger partial charge in [0.05, 0.1) is 10.2 Å². The van der Waals surface area contributed by atoms with E-state index < -0.39 is 0 Å². The minimum atomic E-state index is 0.480. The molecule has 0 saturated heterocycles. The van der Waals surface area contributed by atoms with Gasteiger partial charge in [-0.15, -0.1) is 0 Å². The molecule has 4 heteroatoms. The highest BCUT2D eigenvalue weighted by atomic mass is 79.9. The first-order chi connectivity index (χ1) is 9.79. The highest BCUT2D eigenvalue weighted by Crippen LogP contribution is 2.30. The second-order valence-electron chi connectivity index (χ2n) is 5.95. The van der Waals surface area contributed by atoms with E-state index in [0.29, 0.717) is 16.9 Å². The van der Waals surface area contributed by atoms with E-state index in [1.165, 1.54) is 16.7 Å². The fraction of sp³-hybridized carbons (Fsp3) is 0.412. The third-order valence-electron chi connectivity index (χ3n) is 3.56. The van der Waals surface area contributed by atoms with Gasteiger partial charge in [-0.2, -0.15) is 0 Å². The first kappa shape index (κ1) is 16.4. The fourth-order valence-corrected chi connectivity index (χ4v) is 2.84. The Balaban J connectivity index is 2.59. The average molecular weight is 368 g/mol. The Kier molecular flexibility index (Phi) is 5.05. The number of rotatable bonds is 3. The number of aromatic nitrogens is 2. The summed E-state index contributed by atoms with van der Waals surface area (Å²) in [6.07, 6.45) is 0.875. The van der Waals surface area contributed by atoms with Crippen molar-refractivity contribution in [3.05, 3.63) is 44.1 Å². The van der Waals surface area contributed by atoms with E-state index in [2.05, 4.69) is 67.7 Å². The molecule has 1 aromatic carbocycles. The first-order valence-electron chi connectivity index (χ1n) is 7.09. The molecule has 0 fully saturated rings. The number of aryl methyl sites for hydroxylation is 3. The van der Waals surface area contributed by atoms with E-state index in [1.807, 2.05) is 0 Å². The van der Waals surface area contributed by atoms with E-state index >= 15 is 0 Å². The van der Waals surface area contributed by atoms with Crippen LogP contribution in [0, 0.1) is 26.7 Å². The molecule has 2 nitrogen and oxygen atoms in total. The monoisotopic (exact) mass is 366 g/mol. The topological polar surface area (TPSA) is 25.8 Å². The number of halogens is 2. The second-order valence-corrected chi connectivity index (χ2v) is 7.10. The Morgan fingerprint density at radius 3 is 2.29 bits per heavy atom. The van der Waals surface area contributed by atoms with Crippen LogP contribution in [0.3, 0.4) is 0 Å². The van der Waals surface area contributed by atoms with Crippen molar-refractivity contribution in [2.75, 3.05) is 0 Å². The second kappa shape index (κ2) is 6.45. The highest BCUT2D eigenvalue weighted by molar-refractivity contribution is 9.10. The fourth-order valence-electron chi connectivity index (χ4n) is 2.31. The van der Waals surface area contributed by atoms with Gasteiger partial charge < -0.3 is 0 Å². The van der Waals surface area contributed by atoms with Crippen LogP contribution in [0.5, 0.6) is 0 Å². The predicted molar refractivity (Wildman–Crippen MR) is 92.9 cm³/mol. The van der Waals surface area contributed by atoms with E-state index in [4.69, 9.17) is 16.6 Å². The molecule has 0 aliphatic rings. The van der Waals surface area contributed by atoms with Crippen molar-refractivity contribution in [1.82, 2.24) is 9.97 Å². The maximum Gasteiger partial charge on any atom is 0.161 e. The summed E-state index contributed by atoms with van der Waals surface area (Å²) in [5.74, 6) is 1.22. The van der Waals surface area contributed by atoms with E-state index in [-0.39, 0.29) is 0 Å². The lowest BCUT2D eigenvalue weighted by atomic mass is 10.00. The minimum absolute atomic E-state index is 0.480. The lowest BCUT2D eigenvalue weighted by Gasteiger charge is -2.13. The molecular formula is C17H20BrClN2. The van der Waals surface area contributed by atoms with Crippen LogP contribution >= 0.6 is 27.5 Å². The Hall–Kier alpha value is -0.930. The summed E-state index contributed by atoms with van der Waals surface area (Å²) in [4.78, 5) is 9.18. The maximum atomic E-state index is 6.28. The zero-order valence-corrected chi connectivity index (χ0v) is 15.4. The lowest BCUT2D eigenvalue weighted by Crippen LogP contribution is -2.03. The van der Waals surface area contributed by atoms with Crippen LogP contribution in [0.1, 0.15) is 36.2 Å². The van der Waals surface area contributed by atoms with Gasteiger partial charge in [0.2, 0.25) is 0 Å². The van der Waals surface area contributed by atoms with Gasteiger partial charge >= 0.3 is 0 Å². The summed E-state index contributed by atoms with van der Waals surface area (Å²) in [6.45, 7) is 10.6. The quantitative estimate of drug-likeness (QED) is 0.652. The van der Waals surface area contributed by atoms with Crippen molar-refractivity contribution in [3.63, 3.8) is 0 Å². The van der Waals surface area contributed by atoms with Crippen LogP contribution in [-0.4, -0.2) is 9.97 Å². The molecule has 1 aromatic heterocycles. The molecule has 0 bridgehead atoms. The first-order valence-corrected chi connectivity index (χ1v) is 8.26. The van der Waals surface area contributed by atoms with Crippen molar-refractivity contribution in [3.8, 4) is 11.4 Å². The maximum absolute atomic E-state index is 6.28. The van der Waals surface area contributed by atoms with E-state index in [9.17, 15) is 0 Å². The summed E-state index contributed by atoms with van der Waals surface area (Å²) < 4.78 is 0.808. The zero-order valence-electron chi connectivity index (χ0n) is 13.1. The molecule has 1 heterocycles. The normalized spacial score (nSPS) is 11.2. The lowest BCUT2D eigenvalue weighted by molar-refractivity contribution is 0.632. The van der Waals surface area contributed by atoms with Gasteiger partial charge in [-0.1, -0.05) is 31.5 Å². The predicted octanol–water partition coefficient (Wildman–Crippen LogP) is 5.68. The summed E-state index contributed by atoms with van der Waals surface area (Å²) in [5, 5.41) is 0.480. The van der Waals surface area contributed by atoms with Gasteiger partial charge in [0.25, 0.3) is 0 Å². The largest absolute Gasteiger partial charge is 0.232 e. The van der Waals surface area contributed by atoms with Crippen LogP contribution in [0.2, 0.25) is 5.15 Å². The summed E-state index contributed by atoms with van der Waals surface area (Å²) in [6, 6.07) is 4.31. The molecule has 0 aliphatic heterocycles. The van der Waals surface area contributed by atoms with Gasteiger partial charge in [-0.05, 0) is 71.8 Å². The van der Waals surface area contributed by atoms with Gasteiger partial charge in [0.1, 0.15) is 5.15 Å². The Morgan fingerprint density at radius 2 is 1.67 bits per heavy atom. The molecule has 0 atom stereocenters. The molecule has 0 N–H and O–H groups in total. The molecular weight excluding hydrogens is 348 g/mol. The smallest absolute Gasteiger partial charge is 0.161 e. The molecule has 0 saturated carbocycles. The van der Waals surface area contributed by atoms with Crippen LogP contribution < -0.4 is 0 Å². The van der Waals surface area contributed by atoms with Crippen molar-refractivity contribution in [2.45, 2.75) is 41.0 Å². The highest BCUT2D eigenvalue weighted by Gasteiger charge is 2.15. The molecule has 112 valence electrons. The van der Waals surface area contributed by atoms with E-state index in [1.54, 1.807) is 0 Å². The number of hydrogen-bond acceptors (Lipinski definition) is 2. The molecule has 0 aliphatic carbocycles. The van der Waals surface area contributed by atoms with Crippen LogP contribution in [-0.2, 0) is 6.42 Å².